The largest absolute Gasteiger partial charge is 0.474 e. The van der Waals surface area contributed by atoms with Crippen molar-refractivity contribution in [2.75, 3.05) is 0 Å². The highest BCUT2D eigenvalue weighted by molar-refractivity contribution is 7.00. The number of rotatable bonds is 4. The Kier molecular flexibility index (Phi) is 4.79. The van der Waals surface area contributed by atoms with E-state index in [1.54, 1.807) is 12.1 Å². The third-order valence-corrected chi connectivity index (χ3v) is 5.25. The fraction of sp³-hybridized carbons (Fsp3) is 0.368. The van der Waals surface area contributed by atoms with Gasteiger partial charge < -0.3 is 10.1 Å². The van der Waals surface area contributed by atoms with Gasteiger partial charge in [-0.15, -0.1) is 0 Å². The van der Waals surface area contributed by atoms with E-state index in [1.165, 1.54) is 0 Å². The van der Waals surface area contributed by atoms with Gasteiger partial charge in [0.2, 0.25) is 5.88 Å². The minimum Gasteiger partial charge on any atom is -0.474 e. The number of carbonyl (C=O) groups is 1. The predicted octanol–water partition coefficient (Wildman–Crippen LogP) is 3.51. The lowest BCUT2D eigenvalue weighted by Crippen LogP contribution is -2.39. The number of carbonyl (C=O) groups excluding carboxylic acids is 1. The highest BCUT2D eigenvalue weighted by Gasteiger charge is 2.24. The van der Waals surface area contributed by atoms with Crippen molar-refractivity contribution >= 4 is 28.7 Å². The van der Waals surface area contributed by atoms with Crippen LogP contribution in [0.1, 0.15) is 41.6 Å². The summed E-state index contributed by atoms with van der Waals surface area (Å²) in [5, 5.41) is 3.13. The zero-order valence-electron chi connectivity index (χ0n) is 14.5. The summed E-state index contributed by atoms with van der Waals surface area (Å²) in [6.45, 7) is 2.01. The third kappa shape index (κ3) is 3.83. The Hall–Kier alpha value is -2.54. The number of aryl methyl sites for hydroxylation is 1. The molecule has 2 heterocycles. The summed E-state index contributed by atoms with van der Waals surface area (Å²) in [6, 6.07) is 9.53. The van der Waals surface area contributed by atoms with E-state index in [0.29, 0.717) is 11.4 Å². The summed E-state index contributed by atoms with van der Waals surface area (Å²) in [6.07, 6.45) is 5.61. The normalized spacial score (nSPS) is 20.0. The quantitative estimate of drug-likeness (QED) is 0.762. The van der Waals surface area contributed by atoms with E-state index in [4.69, 9.17) is 4.74 Å². The van der Waals surface area contributed by atoms with E-state index in [-0.39, 0.29) is 18.1 Å². The molecule has 0 atom stereocenters. The van der Waals surface area contributed by atoms with Crippen molar-refractivity contribution in [2.45, 2.75) is 44.8 Å². The van der Waals surface area contributed by atoms with Crippen LogP contribution >= 0.6 is 11.7 Å². The highest BCUT2D eigenvalue weighted by atomic mass is 32.1. The van der Waals surface area contributed by atoms with Gasteiger partial charge in [0.25, 0.3) is 5.91 Å². The third-order valence-electron chi connectivity index (χ3n) is 4.70. The Morgan fingerprint density at radius 3 is 2.69 bits per heavy atom. The molecule has 26 heavy (non-hydrogen) atoms. The predicted molar refractivity (Wildman–Crippen MR) is 101 cm³/mol. The minimum absolute atomic E-state index is 0.0514. The number of pyridine rings is 1. The molecule has 6 nitrogen and oxygen atoms in total. The second-order valence-corrected chi connectivity index (χ2v) is 7.23. The van der Waals surface area contributed by atoms with E-state index >= 15 is 0 Å². The van der Waals surface area contributed by atoms with Gasteiger partial charge in [0.15, 0.2) is 0 Å². The number of nitrogens with zero attached hydrogens (tertiary/aromatic N) is 3. The van der Waals surface area contributed by atoms with Gasteiger partial charge in [-0.05, 0) is 56.4 Å². The first kappa shape index (κ1) is 16.9. The van der Waals surface area contributed by atoms with Crippen LogP contribution in [0.5, 0.6) is 5.88 Å². The molecule has 3 aromatic rings. The van der Waals surface area contributed by atoms with Crippen molar-refractivity contribution in [1.29, 1.82) is 0 Å². The maximum Gasteiger partial charge on any atom is 0.251 e. The first-order chi connectivity index (χ1) is 12.7. The van der Waals surface area contributed by atoms with Crippen LogP contribution in [0.15, 0.2) is 36.5 Å². The average Bonchev–Trinajstić information content (AvgIpc) is 3.13. The summed E-state index contributed by atoms with van der Waals surface area (Å²) in [5.41, 5.74) is 3.35. The van der Waals surface area contributed by atoms with Crippen molar-refractivity contribution in [1.82, 2.24) is 19.0 Å². The van der Waals surface area contributed by atoms with E-state index in [9.17, 15) is 4.79 Å². The van der Waals surface area contributed by atoms with Gasteiger partial charge in [-0.3, -0.25) is 4.79 Å². The molecule has 0 unspecified atom stereocenters. The average molecular weight is 368 g/mol. The number of benzene rings is 1. The van der Waals surface area contributed by atoms with Gasteiger partial charge in [-0.1, -0.05) is 6.07 Å². The first-order valence-electron chi connectivity index (χ1n) is 8.80. The van der Waals surface area contributed by atoms with Gasteiger partial charge in [-0.25, -0.2) is 4.98 Å². The lowest BCUT2D eigenvalue weighted by molar-refractivity contribution is 0.0890. The SMILES string of the molecule is Cc1ccc(OC2CCC(NC(=O)c3ccc4nsnc4c3)CC2)nc1. The van der Waals surface area contributed by atoms with Crippen molar-refractivity contribution in [3.63, 3.8) is 0 Å². The zero-order valence-corrected chi connectivity index (χ0v) is 15.3. The monoisotopic (exact) mass is 368 g/mol. The van der Waals surface area contributed by atoms with Crippen LogP contribution in [0.2, 0.25) is 0 Å². The van der Waals surface area contributed by atoms with Crippen LogP contribution in [-0.2, 0) is 0 Å². The molecule has 2 aromatic heterocycles. The van der Waals surface area contributed by atoms with E-state index in [2.05, 4.69) is 19.0 Å². The Bertz CT molecular complexity index is 901. The molecule has 1 fully saturated rings. The molecule has 134 valence electrons. The molecule has 1 N–H and O–H groups in total. The number of aromatic nitrogens is 3. The fourth-order valence-electron chi connectivity index (χ4n) is 3.21. The molecule has 1 aromatic carbocycles. The molecule has 1 saturated carbocycles. The Morgan fingerprint density at radius 2 is 1.92 bits per heavy atom. The molecule has 1 amide bonds. The van der Waals surface area contributed by atoms with Gasteiger partial charge >= 0.3 is 0 Å². The standard InChI is InChI=1S/C19H20N4O2S/c1-12-2-9-18(20-11-12)25-15-6-4-14(5-7-15)21-19(24)13-3-8-16-17(10-13)23-26-22-16/h2-3,8-11,14-15H,4-7H2,1H3,(H,21,24). The van der Waals surface area contributed by atoms with E-state index in [0.717, 1.165) is 54.0 Å². The molecule has 0 spiro atoms. The molecule has 4 rings (SSSR count). The molecule has 0 radical (unpaired) electrons. The highest BCUT2D eigenvalue weighted by Crippen LogP contribution is 2.23. The molecular formula is C19H20N4O2S. The number of nitrogens with one attached hydrogen (secondary N) is 1. The van der Waals surface area contributed by atoms with Gasteiger partial charge in [0.05, 0.1) is 11.7 Å². The summed E-state index contributed by atoms with van der Waals surface area (Å²) in [4.78, 5) is 16.8. The molecule has 1 aliphatic carbocycles. The van der Waals surface area contributed by atoms with Crippen LogP contribution in [0.25, 0.3) is 11.0 Å². The fourth-order valence-corrected chi connectivity index (χ4v) is 3.73. The summed E-state index contributed by atoms with van der Waals surface area (Å²) in [5.74, 6) is 0.623. The van der Waals surface area contributed by atoms with E-state index in [1.807, 2.05) is 31.3 Å². The Morgan fingerprint density at radius 1 is 1.12 bits per heavy atom. The molecule has 0 aliphatic heterocycles. The van der Waals surface area contributed by atoms with Crippen molar-refractivity contribution < 1.29 is 9.53 Å². The van der Waals surface area contributed by atoms with Gasteiger partial charge in [0, 0.05) is 23.9 Å². The van der Waals surface area contributed by atoms with Gasteiger partial charge in [-0.2, -0.15) is 8.75 Å². The molecule has 0 bridgehead atoms. The second-order valence-electron chi connectivity index (χ2n) is 6.71. The lowest BCUT2D eigenvalue weighted by atomic mass is 9.92. The van der Waals surface area contributed by atoms with Crippen LogP contribution in [-0.4, -0.2) is 31.8 Å². The minimum atomic E-state index is -0.0514. The van der Waals surface area contributed by atoms with Crippen LogP contribution < -0.4 is 10.1 Å². The number of ether oxygens (including phenoxy) is 1. The Labute approximate surface area is 155 Å². The second kappa shape index (κ2) is 7.37. The van der Waals surface area contributed by atoms with Crippen LogP contribution in [0.3, 0.4) is 0 Å². The molecular weight excluding hydrogens is 348 g/mol. The number of hydrogen-bond donors (Lipinski definition) is 1. The summed E-state index contributed by atoms with van der Waals surface area (Å²) < 4.78 is 14.3. The maximum absolute atomic E-state index is 12.5. The van der Waals surface area contributed by atoms with E-state index < -0.39 is 0 Å². The molecule has 1 aliphatic rings. The summed E-state index contributed by atoms with van der Waals surface area (Å²) >= 11 is 1.16. The van der Waals surface area contributed by atoms with Crippen molar-refractivity contribution in [2.24, 2.45) is 0 Å². The smallest absolute Gasteiger partial charge is 0.251 e. The van der Waals surface area contributed by atoms with Crippen molar-refractivity contribution in [3.05, 3.63) is 47.7 Å². The molecule has 0 saturated heterocycles. The van der Waals surface area contributed by atoms with Crippen molar-refractivity contribution in [3.8, 4) is 5.88 Å². The topological polar surface area (TPSA) is 77.0 Å². The zero-order chi connectivity index (χ0) is 17.9. The molecule has 7 heteroatoms. The van der Waals surface area contributed by atoms with Gasteiger partial charge in [0.1, 0.15) is 17.1 Å². The lowest BCUT2D eigenvalue weighted by Gasteiger charge is -2.29. The number of hydrogen-bond acceptors (Lipinski definition) is 6. The van der Waals surface area contributed by atoms with Crippen LogP contribution in [0.4, 0.5) is 0 Å². The van der Waals surface area contributed by atoms with Crippen LogP contribution in [0, 0.1) is 6.92 Å². The number of amides is 1. The maximum atomic E-state index is 12.5. The first-order valence-corrected chi connectivity index (χ1v) is 9.53. The number of fused-ring (bicyclic) bond motifs is 1. The Balaban J connectivity index is 1.30. The summed E-state index contributed by atoms with van der Waals surface area (Å²) in [7, 11) is 0.